The Hall–Kier alpha value is -2.70. The highest BCUT2D eigenvalue weighted by atomic mass is 16.5. The predicted octanol–water partition coefficient (Wildman–Crippen LogP) is 1.21. The largest absolute Gasteiger partial charge is 0.475 e. The van der Waals surface area contributed by atoms with E-state index in [4.69, 9.17) is 4.74 Å². The van der Waals surface area contributed by atoms with E-state index in [1.165, 1.54) is 0 Å². The zero-order valence-corrected chi connectivity index (χ0v) is 13.7. The van der Waals surface area contributed by atoms with Crippen molar-refractivity contribution in [2.75, 3.05) is 24.6 Å². The molecule has 7 nitrogen and oxygen atoms in total. The van der Waals surface area contributed by atoms with Gasteiger partial charge >= 0.3 is 0 Å². The summed E-state index contributed by atoms with van der Waals surface area (Å²) in [6, 6.07) is 3.84. The Morgan fingerprint density at radius 1 is 1.38 bits per heavy atom. The van der Waals surface area contributed by atoms with Crippen LogP contribution in [-0.4, -0.2) is 46.6 Å². The Morgan fingerprint density at radius 2 is 2.25 bits per heavy atom. The molecule has 1 saturated heterocycles. The molecule has 0 saturated carbocycles. The van der Waals surface area contributed by atoms with Gasteiger partial charge in [0.2, 0.25) is 5.91 Å². The summed E-state index contributed by atoms with van der Waals surface area (Å²) in [5.41, 5.74) is 0.914. The molecule has 0 aliphatic carbocycles. The first-order valence-electron chi connectivity index (χ1n) is 8.13. The van der Waals surface area contributed by atoms with Gasteiger partial charge < -0.3 is 15.0 Å². The van der Waals surface area contributed by atoms with Crippen molar-refractivity contribution in [3.63, 3.8) is 0 Å². The Bertz CT molecular complexity index is 680. The molecule has 0 radical (unpaired) electrons. The average molecular weight is 327 g/mol. The van der Waals surface area contributed by atoms with E-state index in [0.29, 0.717) is 25.5 Å². The molecule has 24 heavy (non-hydrogen) atoms. The van der Waals surface area contributed by atoms with Crippen LogP contribution in [0.5, 0.6) is 5.88 Å². The summed E-state index contributed by atoms with van der Waals surface area (Å²) in [6.07, 6.45) is 7.92. The van der Waals surface area contributed by atoms with Crippen LogP contribution in [0, 0.1) is 0 Å². The molecule has 1 amide bonds. The van der Waals surface area contributed by atoms with Crippen LogP contribution in [0.4, 0.5) is 5.82 Å². The number of hydrogen-bond acceptors (Lipinski definition) is 6. The molecule has 1 unspecified atom stereocenters. The van der Waals surface area contributed by atoms with Gasteiger partial charge in [-0.15, -0.1) is 0 Å². The third-order valence-electron chi connectivity index (χ3n) is 3.87. The van der Waals surface area contributed by atoms with Gasteiger partial charge in [-0.3, -0.25) is 9.78 Å². The zero-order chi connectivity index (χ0) is 16.8. The maximum atomic E-state index is 12.2. The minimum Gasteiger partial charge on any atom is -0.475 e. The molecule has 2 aromatic rings. The fraction of sp³-hybridized carbons (Fsp3) is 0.412. The standard InChI is InChI=1S/C17H21N5O2/c1-2-24-17-16(19-7-8-20-17)22-9-5-14(12-22)21-15(23)10-13-4-3-6-18-11-13/h3-4,6-8,11,14H,2,5,9-10,12H2,1H3,(H,21,23). The summed E-state index contributed by atoms with van der Waals surface area (Å²) in [5, 5.41) is 3.08. The number of nitrogens with zero attached hydrogens (tertiary/aromatic N) is 4. The van der Waals surface area contributed by atoms with Crippen molar-refractivity contribution < 1.29 is 9.53 Å². The Morgan fingerprint density at radius 3 is 3.04 bits per heavy atom. The van der Waals surface area contributed by atoms with E-state index in [2.05, 4.69) is 25.2 Å². The minimum atomic E-state index is 0.0130. The summed E-state index contributed by atoms with van der Waals surface area (Å²) in [4.78, 5) is 26.9. The smallest absolute Gasteiger partial charge is 0.257 e. The van der Waals surface area contributed by atoms with Crippen molar-refractivity contribution in [2.45, 2.75) is 25.8 Å². The summed E-state index contributed by atoms with van der Waals surface area (Å²) in [5.74, 6) is 1.30. The molecular weight excluding hydrogens is 306 g/mol. The molecule has 0 bridgehead atoms. The fourth-order valence-electron chi connectivity index (χ4n) is 2.81. The van der Waals surface area contributed by atoms with Gasteiger partial charge in [-0.2, -0.15) is 0 Å². The van der Waals surface area contributed by atoms with E-state index in [9.17, 15) is 4.79 Å². The van der Waals surface area contributed by atoms with Crippen molar-refractivity contribution >= 4 is 11.7 Å². The van der Waals surface area contributed by atoms with E-state index < -0.39 is 0 Å². The Balaban J connectivity index is 1.57. The quantitative estimate of drug-likeness (QED) is 0.859. The topological polar surface area (TPSA) is 80.2 Å². The number of nitrogens with one attached hydrogen (secondary N) is 1. The molecule has 1 atom stereocenters. The predicted molar refractivity (Wildman–Crippen MR) is 89.9 cm³/mol. The number of amides is 1. The lowest BCUT2D eigenvalue weighted by molar-refractivity contribution is -0.121. The van der Waals surface area contributed by atoms with Crippen LogP contribution in [0.1, 0.15) is 18.9 Å². The summed E-state index contributed by atoms with van der Waals surface area (Å²) >= 11 is 0. The van der Waals surface area contributed by atoms with Gasteiger partial charge in [0.25, 0.3) is 5.88 Å². The average Bonchev–Trinajstić information content (AvgIpc) is 3.04. The molecule has 7 heteroatoms. The third-order valence-corrected chi connectivity index (χ3v) is 3.87. The van der Waals surface area contributed by atoms with Gasteiger partial charge in [-0.25, -0.2) is 9.97 Å². The monoisotopic (exact) mass is 327 g/mol. The summed E-state index contributed by atoms with van der Waals surface area (Å²) in [6.45, 7) is 3.99. The zero-order valence-electron chi connectivity index (χ0n) is 13.7. The van der Waals surface area contributed by atoms with Crippen molar-refractivity contribution in [3.8, 4) is 5.88 Å². The minimum absolute atomic E-state index is 0.0130. The summed E-state index contributed by atoms with van der Waals surface area (Å²) in [7, 11) is 0. The third kappa shape index (κ3) is 3.98. The SMILES string of the molecule is CCOc1nccnc1N1CCC(NC(=O)Cc2cccnc2)C1. The maximum absolute atomic E-state index is 12.2. The molecule has 1 aliphatic rings. The van der Waals surface area contributed by atoms with Gasteiger partial charge in [0.15, 0.2) is 5.82 Å². The van der Waals surface area contributed by atoms with E-state index in [0.717, 1.165) is 24.3 Å². The van der Waals surface area contributed by atoms with E-state index in [-0.39, 0.29) is 11.9 Å². The molecule has 1 aliphatic heterocycles. The molecule has 3 heterocycles. The number of aromatic nitrogens is 3. The first kappa shape index (κ1) is 16.2. The lowest BCUT2D eigenvalue weighted by Crippen LogP contribution is -2.38. The Kier molecular flexibility index (Phi) is 5.20. The highest BCUT2D eigenvalue weighted by Crippen LogP contribution is 2.26. The van der Waals surface area contributed by atoms with Crippen LogP contribution in [0.25, 0.3) is 0 Å². The number of pyridine rings is 1. The number of carbonyl (C=O) groups excluding carboxylic acids is 1. The van der Waals surface area contributed by atoms with E-state index in [1.54, 1.807) is 24.8 Å². The molecule has 1 fully saturated rings. The van der Waals surface area contributed by atoms with Crippen LogP contribution < -0.4 is 15.0 Å². The van der Waals surface area contributed by atoms with Crippen LogP contribution in [0.3, 0.4) is 0 Å². The van der Waals surface area contributed by atoms with Crippen molar-refractivity contribution in [3.05, 3.63) is 42.5 Å². The number of carbonyl (C=O) groups is 1. The number of hydrogen-bond donors (Lipinski definition) is 1. The molecule has 3 rings (SSSR count). The van der Waals surface area contributed by atoms with Crippen LogP contribution >= 0.6 is 0 Å². The lowest BCUT2D eigenvalue weighted by atomic mass is 10.2. The second kappa shape index (κ2) is 7.72. The molecule has 0 spiro atoms. The van der Waals surface area contributed by atoms with E-state index in [1.807, 2.05) is 19.1 Å². The highest BCUT2D eigenvalue weighted by Gasteiger charge is 2.27. The number of rotatable bonds is 6. The van der Waals surface area contributed by atoms with Crippen LogP contribution in [0.15, 0.2) is 36.9 Å². The summed E-state index contributed by atoms with van der Waals surface area (Å²) < 4.78 is 5.54. The van der Waals surface area contributed by atoms with Crippen LogP contribution in [0.2, 0.25) is 0 Å². The second-order valence-electron chi connectivity index (χ2n) is 5.66. The molecular formula is C17H21N5O2. The van der Waals surface area contributed by atoms with E-state index >= 15 is 0 Å². The van der Waals surface area contributed by atoms with Gasteiger partial charge in [0.05, 0.1) is 13.0 Å². The molecule has 0 aromatic carbocycles. The van der Waals surface area contributed by atoms with Gasteiger partial charge in [-0.05, 0) is 25.0 Å². The molecule has 126 valence electrons. The second-order valence-corrected chi connectivity index (χ2v) is 5.66. The van der Waals surface area contributed by atoms with Gasteiger partial charge in [0.1, 0.15) is 0 Å². The van der Waals surface area contributed by atoms with Crippen molar-refractivity contribution in [1.29, 1.82) is 0 Å². The molecule has 1 N–H and O–H groups in total. The van der Waals surface area contributed by atoms with Gasteiger partial charge in [-0.1, -0.05) is 6.07 Å². The number of ether oxygens (including phenoxy) is 1. The molecule has 2 aromatic heterocycles. The number of anilines is 1. The maximum Gasteiger partial charge on any atom is 0.257 e. The van der Waals surface area contributed by atoms with Gasteiger partial charge in [0, 0.05) is 43.9 Å². The fourth-order valence-corrected chi connectivity index (χ4v) is 2.81. The lowest BCUT2D eigenvalue weighted by Gasteiger charge is -2.19. The van der Waals surface area contributed by atoms with Crippen molar-refractivity contribution in [1.82, 2.24) is 20.3 Å². The normalized spacial score (nSPS) is 16.9. The first-order valence-corrected chi connectivity index (χ1v) is 8.13. The van der Waals surface area contributed by atoms with Crippen LogP contribution in [-0.2, 0) is 11.2 Å². The highest BCUT2D eigenvalue weighted by molar-refractivity contribution is 5.78. The van der Waals surface area contributed by atoms with Crippen molar-refractivity contribution in [2.24, 2.45) is 0 Å². The first-order chi connectivity index (χ1) is 11.8. The Labute approximate surface area is 141 Å².